The summed E-state index contributed by atoms with van der Waals surface area (Å²) in [6, 6.07) is -0.625. The van der Waals surface area contributed by atoms with E-state index in [2.05, 4.69) is 31.3 Å². The van der Waals surface area contributed by atoms with Gasteiger partial charge in [0.05, 0.1) is 25.4 Å². The second-order valence-corrected chi connectivity index (χ2v) is 25.6. The van der Waals surface area contributed by atoms with Crippen LogP contribution in [0.15, 0.2) is 24.3 Å². The average molecular weight is 1140 g/mol. The third-order valence-electron chi connectivity index (χ3n) is 17.5. The Morgan fingerprint density at radius 3 is 0.877 bits per heavy atom. The van der Waals surface area contributed by atoms with Gasteiger partial charge >= 0.3 is 5.97 Å². The van der Waals surface area contributed by atoms with Gasteiger partial charge < -0.3 is 20.3 Å². The topological polar surface area (TPSA) is 95.9 Å². The highest BCUT2D eigenvalue weighted by Crippen LogP contribution is 2.19. The van der Waals surface area contributed by atoms with Crippen LogP contribution in [0.2, 0.25) is 0 Å². The Morgan fingerprint density at radius 2 is 0.580 bits per heavy atom. The third-order valence-corrected chi connectivity index (χ3v) is 17.5. The number of hydrogen-bond donors (Lipinski definition) is 3. The molecule has 0 aromatic carbocycles. The molecule has 0 saturated heterocycles. The zero-order chi connectivity index (χ0) is 58.5. The number of ether oxygens (including phenoxy) is 1. The van der Waals surface area contributed by atoms with E-state index in [1.807, 2.05) is 6.08 Å². The molecule has 0 radical (unpaired) electrons. The highest BCUT2D eigenvalue weighted by Gasteiger charge is 2.18. The van der Waals surface area contributed by atoms with Gasteiger partial charge in [-0.3, -0.25) is 9.59 Å². The van der Waals surface area contributed by atoms with Crippen molar-refractivity contribution in [1.29, 1.82) is 0 Å². The molecule has 0 aromatic rings. The highest BCUT2D eigenvalue weighted by atomic mass is 16.5. The second-order valence-electron chi connectivity index (χ2n) is 25.6. The lowest BCUT2D eigenvalue weighted by molar-refractivity contribution is -0.143. The fraction of sp³-hybridized carbons (Fsp3) is 0.920. The van der Waals surface area contributed by atoms with Crippen LogP contribution in [0.1, 0.15) is 418 Å². The van der Waals surface area contributed by atoms with Crippen LogP contribution in [0.5, 0.6) is 0 Å². The number of allylic oxidation sites excluding steroid dienone is 3. The van der Waals surface area contributed by atoms with Crippen molar-refractivity contribution in [3.63, 3.8) is 0 Å². The third kappa shape index (κ3) is 67.3. The minimum Gasteiger partial charge on any atom is -0.466 e. The number of hydrogen-bond acceptors (Lipinski definition) is 5. The largest absolute Gasteiger partial charge is 0.466 e. The molecule has 0 fully saturated rings. The summed E-state index contributed by atoms with van der Waals surface area (Å²) in [6.45, 7) is 4.94. The first-order valence-electron chi connectivity index (χ1n) is 37.1. The van der Waals surface area contributed by atoms with Gasteiger partial charge in [0.2, 0.25) is 5.91 Å². The van der Waals surface area contributed by atoms with Gasteiger partial charge in [0.1, 0.15) is 0 Å². The Bertz CT molecular complexity index is 1270. The summed E-state index contributed by atoms with van der Waals surface area (Å²) in [5.74, 6) is -0.0479. The van der Waals surface area contributed by atoms with Gasteiger partial charge in [0.25, 0.3) is 0 Å². The van der Waals surface area contributed by atoms with Gasteiger partial charge in [-0.1, -0.05) is 372 Å². The molecule has 6 heteroatoms. The van der Waals surface area contributed by atoms with E-state index < -0.39 is 12.1 Å². The average Bonchev–Trinajstić information content (AvgIpc) is 3.47. The van der Waals surface area contributed by atoms with Crippen LogP contribution in [-0.4, -0.2) is 47.4 Å². The van der Waals surface area contributed by atoms with Crippen LogP contribution < -0.4 is 5.32 Å². The molecular weight excluding hydrogens is 995 g/mol. The van der Waals surface area contributed by atoms with E-state index >= 15 is 0 Å². The quantitative estimate of drug-likeness (QED) is 0.0320. The number of carbonyl (C=O) groups is 2. The Hall–Kier alpha value is -1.66. The fourth-order valence-corrected chi connectivity index (χ4v) is 11.8. The summed E-state index contributed by atoms with van der Waals surface area (Å²) < 4.78 is 5.49. The van der Waals surface area contributed by atoms with Crippen molar-refractivity contribution in [3.05, 3.63) is 24.3 Å². The molecule has 0 aliphatic carbocycles. The van der Waals surface area contributed by atoms with Gasteiger partial charge in [0, 0.05) is 12.8 Å². The molecule has 2 unspecified atom stereocenters. The molecule has 0 rings (SSSR count). The minimum atomic E-state index is -0.842. The number of nitrogens with one attached hydrogen (secondary N) is 1. The molecule has 0 aromatic heterocycles. The zero-order valence-corrected chi connectivity index (χ0v) is 55.0. The maximum absolute atomic E-state index is 12.5. The summed E-state index contributed by atoms with van der Waals surface area (Å²) in [7, 11) is 0. The first kappa shape index (κ1) is 79.3. The van der Waals surface area contributed by atoms with Crippen LogP contribution in [-0.2, 0) is 14.3 Å². The van der Waals surface area contributed by atoms with Gasteiger partial charge in [-0.05, 0) is 57.8 Å². The van der Waals surface area contributed by atoms with Gasteiger partial charge in [-0.15, -0.1) is 0 Å². The number of carbonyl (C=O) groups excluding carboxylic acids is 2. The zero-order valence-electron chi connectivity index (χ0n) is 55.0. The maximum Gasteiger partial charge on any atom is 0.305 e. The fourth-order valence-electron chi connectivity index (χ4n) is 11.8. The molecule has 0 saturated carbocycles. The number of aliphatic hydroxyl groups excluding tert-OH is 2. The molecule has 0 heterocycles. The Labute approximate surface area is 507 Å². The van der Waals surface area contributed by atoms with Gasteiger partial charge in [-0.2, -0.15) is 0 Å². The molecule has 3 N–H and O–H groups in total. The molecule has 2 atom stereocenters. The summed E-state index contributed by atoms with van der Waals surface area (Å²) in [4.78, 5) is 24.6. The van der Waals surface area contributed by atoms with Crippen molar-refractivity contribution in [2.75, 3.05) is 13.2 Å². The Balaban J connectivity index is 3.36. The van der Waals surface area contributed by atoms with Crippen LogP contribution in [0, 0.1) is 0 Å². The molecule has 480 valence electrons. The Morgan fingerprint density at radius 1 is 0.333 bits per heavy atom. The van der Waals surface area contributed by atoms with E-state index in [9.17, 15) is 19.8 Å². The first-order chi connectivity index (χ1) is 40.0. The lowest BCUT2D eigenvalue weighted by atomic mass is 10.0. The number of esters is 1. The summed E-state index contributed by atoms with van der Waals surface area (Å²) >= 11 is 0. The lowest BCUT2D eigenvalue weighted by Gasteiger charge is -2.20. The summed E-state index contributed by atoms with van der Waals surface area (Å²) in [6.07, 6.45) is 89.9. The maximum atomic E-state index is 12.5. The molecule has 6 nitrogen and oxygen atoms in total. The lowest BCUT2D eigenvalue weighted by Crippen LogP contribution is -2.45. The van der Waals surface area contributed by atoms with Crippen molar-refractivity contribution in [3.8, 4) is 0 Å². The van der Waals surface area contributed by atoms with Crippen molar-refractivity contribution < 1.29 is 24.5 Å². The van der Waals surface area contributed by atoms with E-state index in [0.717, 1.165) is 44.9 Å². The van der Waals surface area contributed by atoms with Crippen LogP contribution in [0.25, 0.3) is 0 Å². The van der Waals surface area contributed by atoms with Crippen molar-refractivity contribution >= 4 is 11.9 Å². The van der Waals surface area contributed by atoms with Crippen LogP contribution >= 0.6 is 0 Å². The predicted molar refractivity (Wildman–Crippen MR) is 356 cm³/mol. The number of unbranched alkanes of at least 4 members (excludes halogenated alkanes) is 57. The van der Waals surface area contributed by atoms with E-state index in [0.29, 0.717) is 19.4 Å². The summed E-state index contributed by atoms with van der Waals surface area (Å²) in [5.41, 5.74) is 0. The van der Waals surface area contributed by atoms with Gasteiger partial charge in [-0.25, -0.2) is 0 Å². The number of rotatable bonds is 70. The van der Waals surface area contributed by atoms with E-state index in [1.54, 1.807) is 6.08 Å². The number of aliphatic hydroxyl groups is 2. The number of amides is 1. The standard InChI is InChI=1S/C75H145NO5/c1-3-5-7-9-11-13-15-17-19-20-21-34-37-40-43-47-51-55-59-63-67-73(78)72(71-77)76-74(79)68-64-60-56-52-48-44-41-38-35-32-30-28-26-24-22-23-25-27-29-31-33-36-39-42-46-50-54-58-62-66-70-81-75(80)69-65-61-57-53-49-45-18-16-14-12-10-8-6-4-2/h16,18,63,67,72-73,77-78H,3-15,17,19-62,64-66,68-71H2,1-2H3,(H,76,79)/b18-16-,67-63+. The van der Waals surface area contributed by atoms with E-state index in [1.165, 1.54) is 347 Å². The monoisotopic (exact) mass is 1140 g/mol. The van der Waals surface area contributed by atoms with Crippen molar-refractivity contribution in [1.82, 2.24) is 5.32 Å². The molecule has 1 amide bonds. The molecule has 0 aliphatic rings. The van der Waals surface area contributed by atoms with E-state index in [-0.39, 0.29) is 18.5 Å². The minimum absolute atomic E-state index is 0.0120. The van der Waals surface area contributed by atoms with Crippen molar-refractivity contribution in [2.45, 2.75) is 431 Å². The molecule has 0 spiro atoms. The molecule has 81 heavy (non-hydrogen) atoms. The molecule has 0 bridgehead atoms. The highest BCUT2D eigenvalue weighted by molar-refractivity contribution is 5.76. The van der Waals surface area contributed by atoms with Crippen LogP contribution in [0.3, 0.4) is 0 Å². The van der Waals surface area contributed by atoms with E-state index in [4.69, 9.17) is 4.74 Å². The first-order valence-corrected chi connectivity index (χ1v) is 37.1. The van der Waals surface area contributed by atoms with Crippen molar-refractivity contribution in [2.24, 2.45) is 0 Å². The molecule has 0 aliphatic heterocycles. The summed E-state index contributed by atoms with van der Waals surface area (Å²) in [5, 5.41) is 23.3. The Kier molecular flexibility index (Phi) is 69.4. The van der Waals surface area contributed by atoms with Gasteiger partial charge in [0.15, 0.2) is 0 Å². The second kappa shape index (κ2) is 70.8. The smallest absolute Gasteiger partial charge is 0.305 e. The predicted octanol–water partition coefficient (Wildman–Crippen LogP) is 24.1. The van der Waals surface area contributed by atoms with Crippen LogP contribution in [0.4, 0.5) is 0 Å². The SMILES string of the molecule is CCCCCCC/C=C\CCCCCCCC(=O)OCCCCCCCCCCCCCCCCCCCCCCCCCCCCCCCCC(=O)NC(CO)C(O)/C=C/CCCCCCCCCCCCCCCCCCCC. The molecular formula is C75H145NO5. The normalized spacial score (nSPS) is 12.6.